The van der Waals surface area contributed by atoms with Gasteiger partial charge in [0.15, 0.2) is 0 Å². The molecule has 0 spiro atoms. The summed E-state index contributed by atoms with van der Waals surface area (Å²) in [5, 5.41) is 33.5. The highest BCUT2D eigenvalue weighted by Gasteiger charge is 2.33. The molecule has 1 aliphatic heterocycles. The van der Waals surface area contributed by atoms with Crippen molar-refractivity contribution < 1.29 is 34.2 Å². The van der Waals surface area contributed by atoms with Gasteiger partial charge in [0.1, 0.15) is 29.8 Å². The monoisotopic (exact) mass is 458 g/mol. The Labute approximate surface area is 175 Å². The Hall–Kier alpha value is -2.51. The molecule has 0 fully saturated rings. The molecule has 3 atom stereocenters. The van der Waals surface area contributed by atoms with Gasteiger partial charge in [-0.05, 0) is 37.1 Å². The van der Waals surface area contributed by atoms with Crippen LogP contribution in [0.1, 0.15) is 11.1 Å². The summed E-state index contributed by atoms with van der Waals surface area (Å²) in [7, 11) is -4.88. The molecule has 31 heavy (non-hydrogen) atoms. The second kappa shape index (κ2) is 8.55. The van der Waals surface area contributed by atoms with Gasteiger partial charge in [0.05, 0.1) is 24.5 Å². The molecule has 3 rings (SSSR count). The van der Waals surface area contributed by atoms with E-state index in [1.807, 2.05) is 13.8 Å². The lowest BCUT2D eigenvalue weighted by atomic mass is 10.0. The smallest absolute Gasteiger partial charge is 0.388 e. The van der Waals surface area contributed by atoms with Crippen molar-refractivity contribution in [2.24, 2.45) is 0 Å². The number of aromatic nitrogens is 2. The molecule has 0 aliphatic carbocycles. The van der Waals surface area contributed by atoms with Crippen LogP contribution in [0.15, 0.2) is 21.7 Å². The van der Waals surface area contributed by atoms with Gasteiger partial charge in [-0.15, -0.1) is 0 Å². The number of hydrogen-bond donors (Lipinski definition) is 8. The van der Waals surface area contributed by atoms with E-state index < -0.39 is 44.0 Å². The highest BCUT2D eigenvalue weighted by molar-refractivity contribution is 7.46. The third-order valence-corrected chi connectivity index (χ3v) is 5.41. The van der Waals surface area contributed by atoms with E-state index in [9.17, 15) is 29.5 Å². The van der Waals surface area contributed by atoms with E-state index in [1.165, 1.54) is 4.90 Å². The average molecular weight is 458 g/mol. The minimum atomic E-state index is -4.88. The Balaban J connectivity index is 1.95. The number of nitrogens with one attached hydrogen (secondary N) is 3. The minimum absolute atomic E-state index is 0.0161. The Morgan fingerprint density at radius 3 is 2.35 bits per heavy atom. The molecule has 8 N–H and O–H groups in total. The molecule has 2 heterocycles. The van der Waals surface area contributed by atoms with Crippen LogP contribution in [0.3, 0.4) is 0 Å². The fourth-order valence-corrected chi connectivity index (χ4v) is 3.53. The third kappa shape index (κ3) is 5.05. The molecule has 1 aromatic carbocycles. The fourth-order valence-electron chi connectivity index (χ4n) is 3.19. The Morgan fingerprint density at radius 1 is 1.06 bits per heavy atom. The number of aliphatic hydroxyl groups excluding tert-OH is 3. The van der Waals surface area contributed by atoms with Crippen LogP contribution in [0.4, 0.5) is 22.9 Å². The number of aryl methyl sites for hydroxylation is 2. The van der Waals surface area contributed by atoms with E-state index in [0.717, 1.165) is 11.1 Å². The number of rotatable bonds is 7. The molecule has 2 aromatic rings. The lowest BCUT2D eigenvalue weighted by molar-refractivity contribution is -0.0717. The first-order valence-electron chi connectivity index (χ1n) is 9.14. The second-order valence-electron chi connectivity index (χ2n) is 7.23. The number of aliphatic hydroxyl groups is 3. The number of anilines is 4. The van der Waals surface area contributed by atoms with Gasteiger partial charge in [-0.3, -0.25) is 19.3 Å². The van der Waals surface area contributed by atoms with Crippen molar-refractivity contribution in [3.8, 4) is 0 Å². The number of fused-ring (bicyclic) bond motifs is 2. The maximum Gasteiger partial charge on any atom is 0.469 e. The largest absolute Gasteiger partial charge is 0.469 e. The lowest BCUT2D eigenvalue weighted by Gasteiger charge is -2.35. The van der Waals surface area contributed by atoms with Crippen molar-refractivity contribution in [2.45, 2.75) is 32.2 Å². The molecular formula is C17H23N4O9P. The van der Waals surface area contributed by atoms with Crippen molar-refractivity contribution in [3.05, 3.63) is 44.1 Å². The molecule has 0 radical (unpaired) electrons. The van der Waals surface area contributed by atoms with Crippen LogP contribution < -0.4 is 21.5 Å². The SMILES string of the molecule is Cc1cc2c(cc1C)N(C[C@@H](O)[C@@H](O)[C@@H](O)COP(=O)(O)O)c1[nH]c(=O)[nH]c(=O)c1N2. The molecule has 0 amide bonds. The zero-order chi connectivity index (χ0) is 23.1. The lowest BCUT2D eigenvalue weighted by Crippen LogP contribution is -2.46. The highest BCUT2D eigenvalue weighted by Crippen LogP contribution is 2.42. The number of H-pyrrole nitrogens is 2. The number of benzene rings is 1. The molecule has 0 unspecified atom stereocenters. The van der Waals surface area contributed by atoms with E-state index in [4.69, 9.17) is 9.79 Å². The van der Waals surface area contributed by atoms with Gasteiger partial charge in [-0.1, -0.05) is 0 Å². The minimum Gasteiger partial charge on any atom is -0.388 e. The van der Waals surface area contributed by atoms with Crippen LogP contribution >= 0.6 is 7.82 Å². The van der Waals surface area contributed by atoms with Gasteiger partial charge in [0.2, 0.25) is 0 Å². The van der Waals surface area contributed by atoms with Gasteiger partial charge in [-0.25, -0.2) is 9.36 Å². The molecular weight excluding hydrogens is 435 g/mol. The molecule has 1 aliphatic rings. The van der Waals surface area contributed by atoms with Crippen molar-refractivity contribution in [1.29, 1.82) is 0 Å². The maximum absolute atomic E-state index is 12.3. The molecule has 14 heteroatoms. The predicted molar refractivity (Wildman–Crippen MR) is 110 cm³/mol. The van der Waals surface area contributed by atoms with Gasteiger partial charge in [0, 0.05) is 0 Å². The fraction of sp³-hybridized carbons (Fsp3) is 0.412. The zero-order valence-corrected chi connectivity index (χ0v) is 17.5. The summed E-state index contributed by atoms with van der Waals surface area (Å²) >= 11 is 0. The number of nitrogens with zero attached hydrogens (tertiary/aromatic N) is 1. The summed E-state index contributed by atoms with van der Waals surface area (Å²) in [6, 6.07) is 3.53. The number of β-amino-alcohol motifs (C(OH)–C–C–N with tert-alkyl or cyclic N) is 1. The second-order valence-corrected chi connectivity index (χ2v) is 8.47. The van der Waals surface area contributed by atoms with Gasteiger partial charge in [0.25, 0.3) is 5.56 Å². The van der Waals surface area contributed by atoms with Crippen LogP contribution in [0.25, 0.3) is 0 Å². The summed E-state index contributed by atoms with van der Waals surface area (Å²) in [6.07, 6.45) is -5.32. The predicted octanol–water partition coefficient (Wildman–Crippen LogP) is -0.933. The number of aromatic amines is 2. The van der Waals surface area contributed by atoms with Crippen LogP contribution in [0.5, 0.6) is 0 Å². The zero-order valence-electron chi connectivity index (χ0n) is 16.6. The normalized spacial score (nSPS) is 16.2. The molecule has 0 saturated carbocycles. The van der Waals surface area contributed by atoms with E-state index in [2.05, 4.69) is 19.8 Å². The van der Waals surface area contributed by atoms with E-state index in [0.29, 0.717) is 11.4 Å². The number of phosphoric acid groups is 1. The van der Waals surface area contributed by atoms with Gasteiger partial charge >= 0.3 is 13.5 Å². The third-order valence-electron chi connectivity index (χ3n) is 4.93. The van der Waals surface area contributed by atoms with Crippen LogP contribution in [0, 0.1) is 13.8 Å². The molecule has 1 aromatic heterocycles. The van der Waals surface area contributed by atoms with Crippen LogP contribution in [-0.2, 0) is 9.09 Å². The van der Waals surface area contributed by atoms with Crippen molar-refractivity contribution in [2.75, 3.05) is 23.4 Å². The summed E-state index contributed by atoms with van der Waals surface area (Å²) in [6.45, 7) is 2.41. The first-order valence-corrected chi connectivity index (χ1v) is 10.7. The van der Waals surface area contributed by atoms with Gasteiger partial charge < -0.3 is 35.3 Å². The van der Waals surface area contributed by atoms with E-state index >= 15 is 0 Å². The summed E-state index contributed by atoms with van der Waals surface area (Å²) in [5.74, 6) is 0.0386. The molecule has 170 valence electrons. The first-order chi connectivity index (χ1) is 14.4. The van der Waals surface area contributed by atoms with Crippen molar-refractivity contribution in [1.82, 2.24) is 9.97 Å². The number of phosphoric ester groups is 1. The molecule has 13 nitrogen and oxygen atoms in total. The van der Waals surface area contributed by atoms with Crippen molar-refractivity contribution in [3.63, 3.8) is 0 Å². The summed E-state index contributed by atoms with van der Waals surface area (Å²) < 4.78 is 14.9. The van der Waals surface area contributed by atoms with Crippen LogP contribution in [0.2, 0.25) is 0 Å². The Morgan fingerprint density at radius 2 is 1.71 bits per heavy atom. The van der Waals surface area contributed by atoms with Gasteiger partial charge in [-0.2, -0.15) is 0 Å². The van der Waals surface area contributed by atoms with Crippen molar-refractivity contribution >= 4 is 30.7 Å². The summed E-state index contributed by atoms with van der Waals surface area (Å²) in [4.78, 5) is 47.6. The van der Waals surface area contributed by atoms with E-state index in [-0.39, 0.29) is 18.1 Å². The Kier molecular flexibility index (Phi) is 6.39. The number of hydrogen-bond acceptors (Lipinski definition) is 9. The summed E-state index contributed by atoms with van der Waals surface area (Å²) in [5.41, 5.74) is 1.34. The highest BCUT2D eigenvalue weighted by atomic mass is 31.2. The van der Waals surface area contributed by atoms with E-state index in [1.54, 1.807) is 12.1 Å². The topological polar surface area (TPSA) is 208 Å². The average Bonchev–Trinajstić information content (AvgIpc) is 2.67. The quantitative estimate of drug-likeness (QED) is 0.238. The Bertz CT molecular complexity index is 1140. The standard InChI is InChI=1S/C17H23N4O9P/c1-7-3-9-10(4-8(7)2)21(15-13(18-9)16(25)20-17(26)19-15)5-11(22)14(24)12(23)6-30-31(27,28)29/h3-4,11-12,14,18,22-24H,5-6H2,1-2H3,(H2,27,28,29)(H2,19,20,25,26)/t11-,12+,14-/m1/s1. The molecule has 0 bridgehead atoms. The first kappa shape index (κ1) is 23.2. The maximum atomic E-state index is 12.3. The van der Waals surface area contributed by atoms with Crippen LogP contribution in [-0.4, -0.2) is 66.5 Å². The molecule has 0 saturated heterocycles.